The highest BCUT2D eigenvalue weighted by molar-refractivity contribution is 6.01. The molecule has 0 spiro atoms. The SMILES string of the molecule is Cc1[nH]c2ccccc2c1-c1ccncc1C=O. The summed E-state index contributed by atoms with van der Waals surface area (Å²) in [6.45, 7) is 2.02. The summed E-state index contributed by atoms with van der Waals surface area (Å²) in [5.74, 6) is 0. The van der Waals surface area contributed by atoms with Crippen molar-refractivity contribution in [2.24, 2.45) is 0 Å². The van der Waals surface area contributed by atoms with Crippen LogP contribution in [0.5, 0.6) is 0 Å². The third-order valence-corrected chi connectivity index (χ3v) is 3.14. The van der Waals surface area contributed by atoms with Gasteiger partial charge < -0.3 is 4.98 Å². The van der Waals surface area contributed by atoms with Gasteiger partial charge in [-0.2, -0.15) is 0 Å². The van der Waals surface area contributed by atoms with Crippen molar-refractivity contribution in [1.82, 2.24) is 9.97 Å². The van der Waals surface area contributed by atoms with E-state index in [0.29, 0.717) is 5.56 Å². The minimum absolute atomic E-state index is 0.616. The van der Waals surface area contributed by atoms with Crippen molar-refractivity contribution < 1.29 is 4.79 Å². The fraction of sp³-hybridized carbons (Fsp3) is 0.0667. The molecule has 88 valence electrons. The largest absolute Gasteiger partial charge is 0.358 e. The van der Waals surface area contributed by atoms with Gasteiger partial charge in [-0.15, -0.1) is 0 Å². The van der Waals surface area contributed by atoms with Gasteiger partial charge in [0.1, 0.15) is 0 Å². The second-order valence-corrected chi connectivity index (χ2v) is 4.25. The fourth-order valence-electron chi connectivity index (χ4n) is 2.35. The van der Waals surface area contributed by atoms with Gasteiger partial charge in [0.2, 0.25) is 0 Å². The number of nitrogens with zero attached hydrogens (tertiary/aromatic N) is 1. The number of aromatic amines is 1. The molecule has 0 aliphatic carbocycles. The van der Waals surface area contributed by atoms with E-state index in [1.165, 1.54) is 0 Å². The van der Waals surface area contributed by atoms with Gasteiger partial charge in [0.15, 0.2) is 6.29 Å². The van der Waals surface area contributed by atoms with Crippen molar-refractivity contribution in [3.63, 3.8) is 0 Å². The van der Waals surface area contributed by atoms with Crippen LogP contribution in [0.4, 0.5) is 0 Å². The van der Waals surface area contributed by atoms with Gasteiger partial charge >= 0.3 is 0 Å². The van der Waals surface area contributed by atoms with Gasteiger partial charge in [-0.3, -0.25) is 9.78 Å². The van der Waals surface area contributed by atoms with Crippen LogP contribution >= 0.6 is 0 Å². The molecule has 0 amide bonds. The van der Waals surface area contributed by atoms with Crippen LogP contribution in [0, 0.1) is 6.92 Å². The molecule has 0 saturated heterocycles. The molecule has 1 aromatic carbocycles. The number of hydrogen-bond acceptors (Lipinski definition) is 2. The topological polar surface area (TPSA) is 45.8 Å². The number of aldehydes is 1. The second-order valence-electron chi connectivity index (χ2n) is 4.25. The van der Waals surface area contributed by atoms with Gasteiger partial charge in [-0.05, 0) is 24.6 Å². The Balaban J connectivity index is 2.38. The lowest BCUT2D eigenvalue weighted by Crippen LogP contribution is -1.89. The van der Waals surface area contributed by atoms with E-state index in [4.69, 9.17) is 0 Å². The zero-order valence-corrected chi connectivity index (χ0v) is 9.97. The highest BCUT2D eigenvalue weighted by Gasteiger charge is 2.13. The maximum Gasteiger partial charge on any atom is 0.152 e. The van der Waals surface area contributed by atoms with Crippen LogP contribution in [-0.4, -0.2) is 16.3 Å². The fourth-order valence-corrected chi connectivity index (χ4v) is 2.35. The van der Waals surface area contributed by atoms with E-state index in [-0.39, 0.29) is 0 Å². The van der Waals surface area contributed by atoms with Crippen LogP contribution in [0.15, 0.2) is 42.7 Å². The summed E-state index contributed by atoms with van der Waals surface area (Å²) in [6.07, 6.45) is 4.16. The monoisotopic (exact) mass is 236 g/mol. The molecule has 0 saturated carbocycles. The first kappa shape index (κ1) is 10.7. The van der Waals surface area contributed by atoms with Crippen LogP contribution in [-0.2, 0) is 0 Å². The van der Waals surface area contributed by atoms with Crippen LogP contribution < -0.4 is 0 Å². The first-order valence-electron chi connectivity index (χ1n) is 5.78. The minimum Gasteiger partial charge on any atom is -0.358 e. The third-order valence-electron chi connectivity index (χ3n) is 3.14. The van der Waals surface area contributed by atoms with Gasteiger partial charge in [-0.25, -0.2) is 0 Å². The van der Waals surface area contributed by atoms with E-state index in [0.717, 1.165) is 34.0 Å². The van der Waals surface area contributed by atoms with E-state index >= 15 is 0 Å². The molecule has 2 aromatic heterocycles. The van der Waals surface area contributed by atoms with Crippen molar-refractivity contribution in [3.05, 3.63) is 54.0 Å². The van der Waals surface area contributed by atoms with E-state index in [9.17, 15) is 4.79 Å². The van der Waals surface area contributed by atoms with Crippen molar-refractivity contribution in [3.8, 4) is 11.1 Å². The Bertz CT molecular complexity index is 728. The van der Waals surface area contributed by atoms with E-state index in [1.54, 1.807) is 12.4 Å². The smallest absolute Gasteiger partial charge is 0.152 e. The summed E-state index contributed by atoms with van der Waals surface area (Å²) < 4.78 is 0. The van der Waals surface area contributed by atoms with E-state index < -0.39 is 0 Å². The van der Waals surface area contributed by atoms with Gasteiger partial charge in [0, 0.05) is 40.1 Å². The molecule has 0 aliphatic heterocycles. The lowest BCUT2D eigenvalue weighted by atomic mass is 9.99. The lowest BCUT2D eigenvalue weighted by molar-refractivity contribution is 0.112. The number of benzene rings is 1. The van der Waals surface area contributed by atoms with E-state index in [2.05, 4.69) is 16.0 Å². The number of carbonyl (C=O) groups is 1. The molecule has 0 aliphatic rings. The van der Waals surface area contributed by atoms with Gasteiger partial charge in [0.05, 0.1) is 0 Å². The maximum absolute atomic E-state index is 11.1. The van der Waals surface area contributed by atoms with Gasteiger partial charge in [0.25, 0.3) is 0 Å². The molecule has 0 radical (unpaired) electrons. The normalized spacial score (nSPS) is 10.7. The number of H-pyrrole nitrogens is 1. The van der Waals surface area contributed by atoms with E-state index in [1.807, 2.05) is 31.2 Å². The number of pyridine rings is 1. The zero-order chi connectivity index (χ0) is 12.5. The molecule has 0 bridgehead atoms. The molecular weight excluding hydrogens is 224 g/mol. The van der Waals surface area contributed by atoms with Gasteiger partial charge in [-0.1, -0.05) is 18.2 Å². The lowest BCUT2D eigenvalue weighted by Gasteiger charge is -2.04. The van der Waals surface area contributed by atoms with Crippen LogP contribution in [0.2, 0.25) is 0 Å². The quantitative estimate of drug-likeness (QED) is 0.693. The number of carbonyl (C=O) groups excluding carboxylic acids is 1. The Labute approximate surface area is 104 Å². The molecule has 0 unspecified atom stereocenters. The number of aromatic nitrogens is 2. The predicted octanol–water partition coefficient (Wildman–Crippen LogP) is 3.35. The number of rotatable bonds is 2. The molecule has 0 atom stereocenters. The standard InChI is InChI=1S/C15H12N2O/c1-10-15(12-6-7-16-8-11(12)9-18)13-4-2-3-5-14(13)17-10/h2-9,17H,1H3. The summed E-state index contributed by atoms with van der Waals surface area (Å²) in [7, 11) is 0. The molecular formula is C15H12N2O. The number of para-hydroxylation sites is 1. The highest BCUT2D eigenvalue weighted by atomic mass is 16.1. The van der Waals surface area contributed by atoms with Crippen LogP contribution in [0.1, 0.15) is 16.1 Å². The molecule has 2 heterocycles. The molecule has 3 nitrogen and oxygen atoms in total. The molecule has 3 rings (SSSR count). The average Bonchev–Trinajstić information content (AvgIpc) is 2.74. The Morgan fingerprint density at radius 1 is 1.22 bits per heavy atom. The third kappa shape index (κ3) is 1.52. The average molecular weight is 236 g/mol. The Morgan fingerprint density at radius 2 is 2.06 bits per heavy atom. The number of nitrogens with one attached hydrogen (secondary N) is 1. The van der Waals surface area contributed by atoms with Crippen molar-refractivity contribution in [1.29, 1.82) is 0 Å². The molecule has 3 heteroatoms. The summed E-state index contributed by atoms with van der Waals surface area (Å²) in [6, 6.07) is 9.97. The summed E-state index contributed by atoms with van der Waals surface area (Å²) in [4.78, 5) is 18.5. The Morgan fingerprint density at radius 3 is 2.89 bits per heavy atom. The van der Waals surface area contributed by atoms with Crippen LogP contribution in [0.25, 0.3) is 22.0 Å². The molecule has 3 aromatic rings. The predicted molar refractivity (Wildman–Crippen MR) is 71.7 cm³/mol. The van der Waals surface area contributed by atoms with Crippen molar-refractivity contribution in [2.45, 2.75) is 6.92 Å². The van der Waals surface area contributed by atoms with Crippen LogP contribution in [0.3, 0.4) is 0 Å². The summed E-state index contributed by atoms with van der Waals surface area (Å²) in [5.41, 5.74) is 4.76. The number of hydrogen-bond donors (Lipinski definition) is 1. The number of fused-ring (bicyclic) bond motifs is 1. The molecule has 0 fully saturated rings. The highest BCUT2D eigenvalue weighted by Crippen LogP contribution is 2.33. The number of aryl methyl sites for hydroxylation is 1. The second kappa shape index (κ2) is 4.11. The molecule has 1 N–H and O–H groups in total. The minimum atomic E-state index is 0.616. The summed E-state index contributed by atoms with van der Waals surface area (Å²) in [5, 5.41) is 1.13. The Kier molecular flexibility index (Phi) is 2.45. The first-order chi connectivity index (χ1) is 8.81. The zero-order valence-electron chi connectivity index (χ0n) is 9.97. The Hall–Kier alpha value is -2.42. The first-order valence-corrected chi connectivity index (χ1v) is 5.78. The summed E-state index contributed by atoms with van der Waals surface area (Å²) >= 11 is 0. The maximum atomic E-state index is 11.1. The van der Waals surface area contributed by atoms with Crippen molar-refractivity contribution >= 4 is 17.2 Å². The molecule has 18 heavy (non-hydrogen) atoms. The van der Waals surface area contributed by atoms with Crippen molar-refractivity contribution in [2.75, 3.05) is 0 Å².